The van der Waals surface area contributed by atoms with E-state index in [0.29, 0.717) is 5.88 Å². The van der Waals surface area contributed by atoms with Crippen LogP contribution in [0.4, 0.5) is 0 Å². The number of alkyl halides is 1. The topological polar surface area (TPSA) is 0 Å². The van der Waals surface area contributed by atoms with Gasteiger partial charge in [-0.15, -0.1) is 11.6 Å². The van der Waals surface area contributed by atoms with Gasteiger partial charge in [0.15, 0.2) is 0 Å². The lowest BCUT2D eigenvalue weighted by atomic mass is 10.0. The first kappa shape index (κ1) is 10.8. The molecule has 0 aliphatic rings. The first-order valence-electron chi connectivity index (χ1n) is 3.99. The molecule has 0 aromatic carbocycles. The summed E-state index contributed by atoms with van der Waals surface area (Å²) in [5, 5.41) is 0. The Hall–Kier alpha value is -0.230. The maximum Gasteiger partial charge on any atom is 0.0470 e. The maximum atomic E-state index is 5.60. The zero-order valence-corrected chi connectivity index (χ0v) is 8.25. The molecule has 0 atom stereocenters. The first-order valence-corrected chi connectivity index (χ1v) is 4.53. The lowest BCUT2D eigenvalue weighted by Gasteiger charge is -2.07. The highest BCUT2D eigenvalue weighted by atomic mass is 35.5. The van der Waals surface area contributed by atoms with Crippen molar-refractivity contribution in [3.63, 3.8) is 0 Å². The minimum atomic E-state index is 0.511. The van der Waals surface area contributed by atoms with Crippen LogP contribution in [0, 0.1) is 5.92 Å². The van der Waals surface area contributed by atoms with Gasteiger partial charge in [0.25, 0.3) is 0 Å². The van der Waals surface area contributed by atoms with Crippen LogP contribution < -0.4 is 0 Å². The maximum absolute atomic E-state index is 5.60. The first-order chi connectivity index (χ1) is 5.07. The van der Waals surface area contributed by atoms with Crippen LogP contribution in [-0.4, -0.2) is 5.88 Å². The van der Waals surface area contributed by atoms with E-state index in [2.05, 4.69) is 27.0 Å². The molecule has 0 spiro atoms. The van der Waals surface area contributed by atoms with Gasteiger partial charge >= 0.3 is 0 Å². The van der Waals surface area contributed by atoms with Crippen LogP contribution in [0.5, 0.6) is 0 Å². The van der Waals surface area contributed by atoms with Crippen molar-refractivity contribution in [2.75, 3.05) is 5.88 Å². The standard InChI is InChI=1S/C10H17Cl/c1-8(2)5-6-9(3)10(4)7-11/h8H,3-7H2,1-2H3. The minimum Gasteiger partial charge on any atom is -0.122 e. The van der Waals surface area contributed by atoms with Gasteiger partial charge in [0, 0.05) is 5.88 Å². The van der Waals surface area contributed by atoms with E-state index in [4.69, 9.17) is 11.6 Å². The highest BCUT2D eigenvalue weighted by Crippen LogP contribution is 2.16. The van der Waals surface area contributed by atoms with E-state index in [1.807, 2.05) is 0 Å². The third kappa shape index (κ3) is 5.09. The van der Waals surface area contributed by atoms with Crippen LogP contribution in [0.2, 0.25) is 0 Å². The predicted molar refractivity (Wildman–Crippen MR) is 53.1 cm³/mol. The van der Waals surface area contributed by atoms with E-state index in [1.165, 1.54) is 6.42 Å². The molecule has 0 nitrogen and oxygen atoms in total. The smallest absolute Gasteiger partial charge is 0.0470 e. The van der Waals surface area contributed by atoms with Crippen molar-refractivity contribution in [1.29, 1.82) is 0 Å². The molecule has 0 heterocycles. The van der Waals surface area contributed by atoms with Crippen LogP contribution in [0.15, 0.2) is 24.3 Å². The number of halogens is 1. The molecule has 0 rings (SSSR count). The molecule has 0 saturated carbocycles. The fraction of sp³-hybridized carbons (Fsp3) is 0.600. The van der Waals surface area contributed by atoms with E-state index in [0.717, 1.165) is 23.5 Å². The summed E-state index contributed by atoms with van der Waals surface area (Å²) in [7, 11) is 0. The Morgan fingerprint density at radius 3 is 2.18 bits per heavy atom. The van der Waals surface area contributed by atoms with Gasteiger partial charge in [0.1, 0.15) is 0 Å². The van der Waals surface area contributed by atoms with Crippen molar-refractivity contribution in [1.82, 2.24) is 0 Å². The molecule has 0 fully saturated rings. The van der Waals surface area contributed by atoms with Crippen molar-refractivity contribution in [3.8, 4) is 0 Å². The van der Waals surface area contributed by atoms with Gasteiger partial charge in [-0.05, 0) is 24.3 Å². The van der Waals surface area contributed by atoms with Crippen molar-refractivity contribution in [2.24, 2.45) is 5.92 Å². The Morgan fingerprint density at radius 1 is 1.27 bits per heavy atom. The lowest BCUT2D eigenvalue weighted by Crippen LogP contribution is -1.92. The second-order valence-electron chi connectivity index (χ2n) is 3.27. The largest absolute Gasteiger partial charge is 0.122 e. The van der Waals surface area contributed by atoms with E-state index in [9.17, 15) is 0 Å². The number of hydrogen-bond acceptors (Lipinski definition) is 0. The Labute approximate surface area is 74.9 Å². The third-order valence-electron chi connectivity index (χ3n) is 1.68. The fourth-order valence-corrected chi connectivity index (χ4v) is 0.923. The summed E-state index contributed by atoms with van der Waals surface area (Å²) in [5.74, 6) is 1.24. The Balaban J connectivity index is 3.61. The molecule has 0 saturated heterocycles. The molecule has 0 N–H and O–H groups in total. The average Bonchev–Trinajstić information content (AvgIpc) is 1.98. The Kier molecular flexibility index (Phi) is 5.31. The molecule has 0 aromatic heterocycles. The van der Waals surface area contributed by atoms with Gasteiger partial charge in [0.05, 0.1) is 0 Å². The molecule has 11 heavy (non-hydrogen) atoms. The predicted octanol–water partition coefficient (Wildman–Crippen LogP) is 3.77. The van der Waals surface area contributed by atoms with Crippen LogP contribution in [-0.2, 0) is 0 Å². The zero-order chi connectivity index (χ0) is 8.85. The second kappa shape index (κ2) is 5.42. The van der Waals surface area contributed by atoms with E-state index in [1.54, 1.807) is 0 Å². The fourth-order valence-electron chi connectivity index (χ4n) is 0.734. The average molecular weight is 173 g/mol. The quantitative estimate of drug-likeness (QED) is 0.438. The molecule has 0 bridgehead atoms. The van der Waals surface area contributed by atoms with Gasteiger partial charge in [-0.3, -0.25) is 0 Å². The van der Waals surface area contributed by atoms with Crippen LogP contribution in [0.3, 0.4) is 0 Å². The third-order valence-corrected chi connectivity index (χ3v) is 2.01. The highest BCUT2D eigenvalue weighted by molar-refractivity contribution is 6.19. The Morgan fingerprint density at radius 2 is 1.82 bits per heavy atom. The van der Waals surface area contributed by atoms with Crippen LogP contribution in [0.25, 0.3) is 0 Å². The molecule has 0 amide bonds. The Bertz CT molecular complexity index is 145. The molecule has 0 aliphatic heterocycles. The van der Waals surface area contributed by atoms with Gasteiger partial charge in [-0.2, -0.15) is 0 Å². The zero-order valence-electron chi connectivity index (χ0n) is 7.49. The van der Waals surface area contributed by atoms with Gasteiger partial charge in [-0.25, -0.2) is 0 Å². The van der Waals surface area contributed by atoms with E-state index >= 15 is 0 Å². The number of hydrogen-bond donors (Lipinski definition) is 0. The summed E-state index contributed by atoms with van der Waals surface area (Å²) in [5.41, 5.74) is 2.08. The van der Waals surface area contributed by atoms with Gasteiger partial charge < -0.3 is 0 Å². The summed E-state index contributed by atoms with van der Waals surface area (Å²) in [4.78, 5) is 0. The van der Waals surface area contributed by atoms with Crippen LogP contribution >= 0.6 is 11.6 Å². The molecule has 0 aliphatic carbocycles. The summed E-state index contributed by atoms with van der Waals surface area (Å²) < 4.78 is 0. The van der Waals surface area contributed by atoms with Gasteiger partial charge in [-0.1, -0.05) is 32.6 Å². The van der Waals surface area contributed by atoms with E-state index in [-0.39, 0.29) is 0 Å². The molecule has 0 radical (unpaired) electrons. The minimum absolute atomic E-state index is 0.511. The normalized spacial score (nSPS) is 10.2. The van der Waals surface area contributed by atoms with Gasteiger partial charge in [0.2, 0.25) is 0 Å². The van der Waals surface area contributed by atoms with E-state index < -0.39 is 0 Å². The van der Waals surface area contributed by atoms with Crippen molar-refractivity contribution in [3.05, 3.63) is 24.3 Å². The summed E-state index contributed by atoms with van der Waals surface area (Å²) >= 11 is 5.60. The lowest BCUT2D eigenvalue weighted by molar-refractivity contribution is 0.587. The molecule has 0 unspecified atom stereocenters. The number of allylic oxidation sites excluding steroid dienone is 2. The molecule has 64 valence electrons. The number of rotatable bonds is 5. The second-order valence-corrected chi connectivity index (χ2v) is 3.54. The monoisotopic (exact) mass is 172 g/mol. The molecule has 1 heteroatoms. The van der Waals surface area contributed by atoms with Crippen molar-refractivity contribution < 1.29 is 0 Å². The van der Waals surface area contributed by atoms with Crippen molar-refractivity contribution >= 4 is 11.6 Å². The summed E-state index contributed by atoms with van der Waals surface area (Å²) in [6.45, 7) is 12.1. The molecule has 0 aromatic rings. The van der Waals surface area contributed by atoms with Crippen molar-refractivity contribution in [2.45, 2.75) is 26.7 Å². The highest BCUT2D eigenvalue weighted by Gasteiger charge is 2.00. The summed E-state index contributed by atoms with van der Waals surface area (Å²) in [6.07, 6.45) is 2.21. The molecular weight excluding hydrogens is 156 g/mol. The van der Waals surface area contributed by atoms with Crippen LogP contribution in [0.1, 0.15) is 26.7 Å². The summed E-state index contributed by atoms with van der Waals surface area (Å²) in [6, 6.07) is 0. The SMILES string of the molecule is C=C(CCl)C(=C)CCC(C)C. The molecular formula is C10H17Cl.